The van der Waals surface area contributed by atoms with E-state index in [9.17, 15) is 9.59 Å². The zero-order valence-electron chi connectivity index (χ0n) is 23.0. The Bertz CT molecular complexity index is 1640. The molecule has 1 N–H and O–H groups in total. The lowest BCUT2D eigenvalue weighted by molar-refractivity contribution is -0.140. The average molecular weight is 562 g/mol. The van der Waals surface area contributed by atoms with Crippen LogP contribution in [0.2, 0.25) is 0 Å². The van der Waals surface area contributed by atoms with E-state index in [-0.39, 0.29) is 24.9 Å². The molecule has 10 nitrogen and oxygen atoms in total. The van der Waals surface area contributed by atoms with Crippen LogP contribution in [-0.2, 0) is 27.4 Å². The Kier molecular flexibility index (Phi) is 8.14. The molecule has 0 aliphatic carbocycles. The number of carbonyl (C=O) groups excluding carboxylic acids is 2. The highest BCUT2D eigenvalue weighted by molar-refractivity contribution is 5.98. The first-order valence-electron chi connectivity index (χ1n) is 13.9. The highest BCUT2D eigenvalue weighted by atomic mass is 16.5. The summed E-state index contributed by atoms with van der Waals surface area (Å²) in [6.45, 7) is 3.15. The molecule has 1 saturated heterocycles. The van der Waals surface area contributed by atoms with Gasteiger partial charge >= 0.3 is 0 Å². The molecule has 1 atom stereocenters. The van der Waals surface area contributed by atoms with E-state index >= 15 is 0 Å². The SMILES string of the molecule is O=C(Nc1ccc(N2CCOCC2)cc1)C(c1ccccc1)N(Cc1cccnc1)C(=O)Cn1nnc2ccccc21. The molecule has 3 heterocycles. The van der Waals surface area contributed by atoms with E-state index in [1.807, 2.05) is 91.0 Å². The van der Waals surface area contributed by atoms with Crippen LogP contribution < -0.4 is 10.2 Å². The largest absolute Gasteiger partial charge is 0.378 e. The molecule has 0 bridgehead atoms. The minimum atomic E-state index is -0.910. The predicted octanol–water partition coefficient (Wildman–Crippen LogP) is 4.07. The van der Waals surface area contributed by atoms with Crippen LogP contribution in [0.25, 0.3) is 11.0 Å². The summed E-state index contributed by atoms with van der Waals surface area (Å²) in [6, 6.07) is 27.4. The first kappa shape index (κ1) is 27.1. The van der Waals surface area contributed by atoms with Crippen LogP contribution in [0.15, 0.2) is 103 Å². The number of carbonyl (C=O) groups is 2. The summed E-state index contributed by atoms with van der Waals surface area (Å²) in [5, 5.41) is 11.5. The molecule has 6 rings (SSSR count). The molecule has 1 aliphatic heterocycles. The Morgan fingerprint density at radius 3 is 2.43 bits per heavy atom. The van der Waals surface area contributed by atoms with E-state index in [0.29, 0.717) is 30.0 Å². The quantitative estimate of drug-likeness (QED) is 0.289. The van der Waals surface area contributed by atoms with Crippen LogP contribution in [0.1, 0.15) is 17.2 Å². The fourth-order valence-electron chi connectivity index (χ4n) is 5.16. The predicted molar refractivity (Wildman–Crippen MR) is 160 cm³/mol. The summed E-state index contributed by atoms with van der Waals surface area (Å²) in [6.07, 6.45) is 3.38. The van der Waals surface area contributed by atoms with Crippen molar-refractivity contribution in [1.29, 1.82) is 0 Å². The van der Waals surface area contributed by atoms with Crippen molar-refractivity contribution in [1.82, 2.24) is 24.9 Å². The van der Waals surface area contributed by atoms with Crippen LogP contribution in [0.3, 0.4) is 0 Å². The third-order valence-electron chi connectivity index (χ3n) is 7.29. The van der Waals surface area contributed by atoms with Crippen molar-refractivity contribution < 1.29 is 14.3 Å². The third kappa shape index (κ3) is 6.13. The van der Waals surface area contributed by atoms with Gasteiger partial charge in [0.1, 0.15) is 18.1 Å². The number of amides is 2. The van der Waals surface area contributed by atoms with Crippen molar-refractivity contribution in [3.8, 4) is 0 Å². The van der Waals surface area contributed by atoms with Crippen molar-refractivity contribution in [2.24, 2.45) is 0 Å². The molecule has 3 aromatic carbocycles. The fourth-order valence-corrected chi connectivity index (χ4v) is 5.16. The van der Waals surface area contributed by atoms with Crippen LogP contribution in [-0.4, -0.2) is 63.0 Å². The van der Waals surface area contributed by atoms with Crippen LogP contribution in [0.4, 0.5) is 11.4 Å². The van der Waals surface area contributed by atoms with Gasteiger partial charge in [-0.05, 0) is 53.6 Å². The third-order valence-corrected chi connectivity index (χ3v) is 7.29. The molecule has 1 aliphatic rings. The lowest BCUT2D eigenvalue weighted by atomic mass is 10.0. The smallest absolute Gasteiger partial charge is 0.251 e. The number of pyridine rings is 1. The maximum Gasteiger partial charge on any atom is 0.251 e. The number of aromatic nitrogens is 4. The Labute approximate surface area is 243 Å². The van der Waals surface area contributed by atoms with Gasteiger partial charge in [0.25, 0.3) is 5.91 Å². The summed E-state index contributed by atoms with van der Waals surface area (Å²) < 4.78 is 7.03. The van der Waals surface area contributed by atoms with Gasteiger partial charge in [-0.1, -0.05) is 53.7 Å². The van der Waals surface area contributed by atoms with E-state index in [2.05, 4.69) is 25.5 Å². The monoisotopic (exact) mass is 561 g/mol. The second kappa shape index (κ2) is 12.6. The molecule has 0 saturated carbocycles. The number of rotatable bonds is 9. The lowest BCUT2D eigenvalue weighted by Crippen LogP contribution is -2.42. The maximum absolute atomic E-state index is 14.1. The van der Waals surface area contributed by atoms with E-state index in [4.69, 9.17) is 4.74 Å². The Hall–Kier alpha value is -5.09. The van der Waals surface area contributed by atoms with Crippen molar-refractivity contribution >= 4 is 34.2 Å². The highest BCUT2D eigenvalue weighted by Gasteiger charge is 2.32. The second-order valence-corrected chi connectivity index (χ2v) is 10.1. The van der Waals surface area contributed by atoms with Crippen LogP contribution in [0, 0.1) is 0 Å². The second-order valence-electron chi connectivity index (χ2n) is 10.1. The van der Waals surface area contributed by atoms with Crippen molar-refractivity contribution in [2.45, 2.75) is 19.1 Å². The first-order chi connectivity index (χ1) is 20.7. The van der Waals surface area contributed by atoms with Gasteiger partial charge in [0, 0.05) is 43.4 Å². The number of anilines is 2. The van der Waals surface area contributed by atoms with E-state index in [1.165, 1.54) is 0 Å². The van der Waals surface area contributed by atoms with E-state index in [0.717, 1.165) is 29.9 Å². The number of benzene rings is 3. The van der Waals surface area contributed by atoms with Gasteiger partial charge < -0.3 is 19.9 Å². The molecule has 0 radical (unpaired) electrons. The average Bonchev–Trinajstić information content (AvgIpc) is 3.45. The van der Waals surface area contributed by atoms with Crippen molar-refractivity contribution in [2.75, 3.05) is 36.5 Å². The molecule has 42 heavy (non-hydrogen) atoms. The first-order valence-corrected chi connectivity index (χ1v) is 13.9. The van der Waals surface area contributed by atoms with Crippen molar-refractivity contribution in [3.05, 3.63) is 115 Å². The van der Waals surface area contributed by atoms with E-state index < -0.39 is 6.04 Å². The Morgan fingerprint density at radius 1 is 0.905 bits per heavy atom. The van der Waals surface area contributed by atoms with Gasteiger partial charge in [-0.3, -0.25) is 14.6 Å². The molecular formula is C32H31N7O3. The molecule has 0 spiro atoms. The number of ether oxygens (including phenoxy) is 1. The van der Waals surface area contributed by atoms with Gasteiger partial charge in [0.15, 0.2) is 0 Å². The molecular weight excluding hydrogens is 530 g/mol. The van der Waals surface area contributed by atoms with Gasteiger partial charge in [-0.15, -0.1) is 5.10 Å². The van der Waals surface area contributed by atoms with Crippen molar-refractivity contribution in [3.63, 3.8) is 0 Å². The Morgan fingerprint density at radius 2 is 1.67 bits per heavy atom. The minimum absolute atomic E-state index is 0.0777. The zero-order chi connectivity index (χ0) is 28.7. The highest BCUT2D eigenvalue weighted by Crippen LogP contribution is 2.27. The Balaban J connectivity index is 1.31. The zero-order valence-corrected chi connectivity index (χ0v) is 23.0. The minimum Gasteiger partial charge on any atom is -0.378 e. The number of hydrogen-bond donors (Lipinski definition) is 1. The van der Waals surface area contributed by atoms with E-state index in [1.54, 1.807) is 22.0 Å². The number of morpholine rings is 1. The number of fused-ring (bicyclic) bond motifs is 1. The summed E-state index contributed by atoms with van der Waals surface area (Å²) in [7, 11) is 0. The lowest BCUT2D eigenvalue weighted by Gasteiger charge is -2.32. The van der Waals surface area contributed by atoms with Crippen LogP contribution in [0.5, 0.6) is 0 Å². The molecule has 1 fully saturated rings. The summed E-state index contributed by atoms with van der Waals surface area (Å²) >= 11 is 0. The topological polar surface area (TPSA) is 105 Å². The van der Waals surface area contributed by atoms with Gasteiger partial charge in [0.2, 0.25) is 5.91 Å². The summed E-state index contributed by atoms with van der Waals surface area (Å²) in [4.78, 5) is 36.2. The number of nitrogens with one attached hydrogen (secondary N) is 1. The fraction of sp³-hybridized carbons (Fsp3) is 0.219. The molecule has 2 aromatic heterocycles. The number of para-hydroxylation sites is 1. The summed E-state index contributed by atoms with van der Waals surface area (Å²) in [5.74, 6) is -0.595. The maximum atomic E-state index is 14.1. The number of hydrogen-bond acceptors (Lipinski definition) is 7. The number of nitrogens with zero attached hydrogens (tertiary/aromatic N) is 6. The van der Waals surface area contributed by atoms with Crippen LogP contribution >= 0.6 is 0 Å². The molecule has 1 unspecified atom stereocenters. The van der Waals surface area contributed by atoms with Gasteiger partial charge in [-0.2, -0.15) is 0 Å². The standard InChI is InChI=1S/C32H31N7O3/c40-30(23-39-29-11-5-4-10-28(29)35-36-39)38(22-24-7-6-16-33-21-24)31(25-8-2-1-3-9-25)32(41)34-26-12-14-27(15-13-26)37-17-19-42-20-18-37/h1-16,21,31H,17-20,22-23H2,(H,34,41). The molecule has 212 valence electrons. The molecule has 10 heteroatoms. The normalized spacial score (nSPS) is 14.0. The van der Waals surface area contributed by atoms with Gasteiger partial charge in [-0.25, -0.2) is 4.68 Å². The van der Waals surface area contributed by atoms with Gasteiger partial charge in [0.05, 0.1) is 18.7 Å². The molecule has 2 amide bonds. The summed E-state index contributed by atoms with van der Waals surface area (Å²) in [5.41, 5.74) is 4.66. The molecule has 5 aromatic rings.